The Hall–Kier alpha value is -3.07. The Morgan fingerprint density at radius 2 is 1.57 bits per heavy atom. The van der Waals surface area contributed by atoms with Crippen LogP contribution in [0.15, 0.2) is 24.3 Å². The Morgan fingerprint density at radius 3 is 2.21 bits per heavy atom. The average molecular weight is 602 g/mol. The molecule has 0 aliphatic rings. The van der Waals surface area contributed by atoms with E-state index in [0.29, 0.717) is 35.0 Å². The van der Waals surface area contributed by atoms with Crippen LogP contribution < -0.4 is 5.32 Å². The molecule has 2 N–H and O–H groups in total. The largest absolute Gasteiger partial charge is 0.466 e. The van der Waals surface area contributed by atoms with Crippen molar-refractivity contribution in [3.8, 4) is 11.4 Å². The third-order valence-electron chi connectivity index (χ3n) is 7.13. The van der Waals surface area contributed by atoms with Crippen LogP contribution in [0.3, 0.4) is 0 Å². The highest BCUT2D eigenvalue weighted by Crippen LogP contribution is 2.32. The second kappa shape index (κ2) is 17.1. The number of aromatic amines is 1. The van der Waals surface area contributed by atoms with Crippen molar-refractivity contribution in [3.63, 3.8) is 0 Å². The van der Waals surface area contributed by atoms with E-state index in [1.54, 1.807) is 22.8 Å². The lowest BCUT2D eigenvalue weighted by Gasteiger charge is -2.16. The number of nitrogens with one attached hydrogen (secondary N) is 2. The van der Waals surface area contributed by atoms with Crippen molar-refractivity contribution in [2.24, 2.45) is 0 Å². The van der Waals surface area contributed by atoms with E-state index in [-0.39, 0.29) is 24.6 Å². The zero-order chi connectivity index (χ0) is 30.4. The lowest BCUT2D eigenvalue weighted by Crippen LogP contribution is -2.16. The van der Waals surface area contributed by atoms with Gasteiger partial charge in [0.1, 0.15) is 5.02 Å². The number of benzene rings is 1. The summed E-state index contributed by atoms with van der Waals surface area (Å²) < 4.78 is 12.1. The van der Waals surface area contributed by atoms with Gasteiger partial charge in [-0.2, -0.15) is 4.63 Å². The molecule has 2 aromatic heterocycles. The second-order valence-corrected chi connectivity index (χ2v) is 12.3. The molecule has 232 valence electrons. The number of H-pyrrole nitrogens is 1. The summed E-state index contributed by atoms with van der Waals surface area (Å²) in [7, 11) is 0. The summed E-state index contributed by atoms with van der Waals surface area (Å²) in [5, 5.41) is 11.0. The van der Waals surface area contributed by atoms with Crippen molar-refractivity contribution < 1.29 is 19.1 Å². The van der Waals surface area contributed by atoms with Gasteiger partial charge in [0, 0.05) is 29.5 Å². The molecule has 0 atom stereocenters. The summed E-state index contributed by atoms with van der Waals surface area (Å²) >= 11 is 6.54. The van der Waals surface area contributed by atoms with Crippen molar-refractivity contribution >= 4 is 35.0 Å². The van der Waals surface area contributed by atoms with Gasteiger partial charge >= 0.3 is 12.1 Å². The third kappa shape index (κ3) is 11.0. The Bertz CT molecular complexity index is 1260. The monoisotopic (exact) mass is 601 g/mol. The quantitative estimate of drug-likeness (QED) is 0.111. The first-order valence-electron chi connectivity index (χ1n) is 15.5. The molecule has 2 heterocycles. The highest BCUT2D eigenvalue weighted by Gasteiger charge is 2.24. The number of nitrogens with zero attached hydrogens (tertiary/aromatic N) is 3. The summed E-state index contributed by atoms with van der Waals surface area (Å²) in [5.74, 6) is 0.295. The average Bonchev–Trinajstić information content (AvgIpc) is 3.51. The molecule has 0 radical (unpaired) electrons. The van der Waals surface area contributed by atoms with Gasteiger partial charge in [-0.05, 0) is 18.6 Å². The van der Waals surface area contributed by atoms with Crippen molar-refractivity contribution in [1.29, 1.82) is 0 Å². The minimum Gasteiger partial charge on any atom is -0.466 e. The highest BCUT2D eigenvalue weighted by molar-refractivity contribution is 6.34. The van der Waals surface area contributed by atoms with E-state index in [0.717, 1.165) is 24.1 Å². The standard InChI is InChI=1S/C32H48ClN5O4/c1-5-6-7-8-9-10-11-12-13-14-15-20-26(39)41-21-17-22-42-31(40)34-25-19-16-18-24(23-25)29-35-30-27(33)28(32(2,3)4)36-38(30)37-29/h16,18-19,23,36H,5-15,17,20-22H2,1-4H3,(H,34,40). The van der Waals surface area contributed by atoms with Gasteiger partial charge in [-0.3, -0.25) is 15.2 Å². The van der Waals surface area contributed by atoms with Crippen LogP contribution in [0.25, 0.3) is 17.0 Å². The molecule has 0 saturated carbocycles. The maximum Gasteiger partial charge on any atom is 0.411 e. The number of ether oxygens (including phenoxy) is 2. The lowest BCUT2D eigenvalue weighted by atomic mass is 9.92. The van der Waals surface area contributed by atoms with E-state index in [1.807, 2.05) is 6.07 Å². The predicted octanol–water partition coefficient (Wildman–Crippen LogP) is 8.86. The van der Waals surface area contributed by atoms with Gasteiger partial charge in [-0.1, -0.05) is 116 Å². The van der Waals surface area contributed by atoms with E-state index in [2.05, 4.69) is 48.2 Å². The predicted molar refractivity (Wildman–Crippen MR) is 168 cm³/mol. The maximum atomic E-state index is 12.3. The fourth-order valence-electron chi connectivity index (χ4n) is 4.72. The summed E-state index contributed by atoms with van der Waals surface area (Å²) in [6, 6.07) is 7.19. The highest BCUT2D eigenvalue weighted by atomic mass is 35.5. The van der Waals surface area contributed by atoms with E-state index in [4.69, 9.17) is 21.1 Å². The van der Waals surface area contributed by atoms with E-state index >= 15 is 0 Å². The Morgan fingerprint density at radius 1 is 0.929 bits per heavy atom. The molecule has 9 nitrogen and oxygen atoms in total. The minimum absolute atomic E-state index is 0.152. The molecule has 42 heavy (non-hydrogen) atoms. The maximum absolute atomic E-state index is 12.3. The Labute approximate surface area is 255 Å². The van der Waals surface area contributed by atoms with Crippen molar-refractivity contribution in [1.82, 2.24) is 19.8 Å². The molecular formula is C32H48ClN5O4. The number of amides is 1. The molecule has 0 aliphatic heterocycles. The molecule has 3 rings (SSSR count). The van der Waals surface area contributed by atoms with Gasteiger partial charge in [0.05, 0.1) is 18.9 Å². The number of aromatic nitrogens is 4. The van der Waals surface area contributed by atoms with Gasteiger partial charge in [-0.15, -0.1) is 5.10 Å². The SMILES string of the molecule is CCCCCCCCCCCCCC(=O)OCCCOC(=O)Nc1cccc(-c2nc3c(Cl)c(C(C)(C)C)[nH]n3n2)c1. The molecule has 1 aromatic carbocycles. The number of hydrogen-bond donors (Lipinski definition) is 2. The number of rotatable bonds is 18. The van der Waals surface area contributed by atoms with Gasteiger partial charge in [-0.25, -0.2) is 9.78 Å². The van der Waals surface area contributed by atoms with Gasteiger partial charge in [0.15, 0.2) is 11.5 Å². The summed E-state index contributed by atoms with van der Waals surface area (Å²) in [5.41, 5.74) is 2.52. The molecule has 0 unspecified atom stereocenters. The van der Waals surface area contributed by atoms with Crippen LogP contribution >= 0.6 is 11.6 Å². The first-order valence-corrected chi connectivity index (χ1v) is 15.9. The molecule has 0 spiro atoms. The fraction of sp³-hybridized carbons (Fsp3) is 0.625. The van der Waals surface area contributed by atoms with Gasteiger partial charge < -0.3 is 9.47 Å². The topological polar surface area (TPSA) is 111 Å². The summed E-state index contributed by atoms with van der Waals surface area (Å²) in [4.78, 5) is 28.8. The lowest BCUT2D eigenvalue weighted by molar-refractivity contribution is -0.144. The molecular weight excluding hydrogens is 554 g/mol. The molecule has 0 saturated heterocycles. The number of anilines is 1. The van der Waals surface area contributed by atoms with E-state index < -0.39 is 6.09 Å². The molecule has 0 bridgehead atoms. The van der Waals surface area contributed by atoms with Crippen molar-refractivity contribution in [3.05, 3.63) is 35.0 Å². The Balaban J connectivity index is 1.27. The van der Waals surface area contributed by atoms with Crippen LogP contribution in [-0.4, -0.2) is 45.1 Å². The van der Waals surface area contributed by atoms with Crippen LogP contribution in [0.2, 0.25) is 5.02 Å². The molecule has 0 fully saturated rings. The van der Waals surface area contributed by atoms with Crippen molar-refractivity contribution in [2.75, 3.05) is 18.5 Å². The van der Waals surface area contributed by atoms with Crippen LogP contribution in [0.4, 0.5) is 10.5 Å². The number of hydrogen-bond acceptors (Lipinski definition) is 6. The number of carbonyl (C=O) groups excluding carboxylic acids is 2. The van der Waals surface area contributed by atoms with Gasteiger partial charge in [0.2, 0.25) is 0 Å². The number of unbranched alkanes of at least 4 members (excludes halogenated alkanes) is 10. The summed E-state index contributed by atoms with van der Waals surface area (Å²) in [6.45, 7) is 8.82. The number of halogens is 1. The normalized spacial score (nSPS) is 11.6. The van der Waals surface area contributed by atoms with Crippen LogP contribution in [0.5, 0.6) is 0 Å². The smallest absolute Gasteiger partial charge is 0.411 e. The molecule has 0 aliphatic carbocycles. The molecule has 3 aromatic rings. The van der Waals surface area contributed by atoms with Crippen LogP contribution in [0, 0.1) is 0 Å². The second-order valence-electron chi connectivity index (χ2n) is 11.9. The number of carbonyl (C=O) groups is 2. The first kappa shape index (κ1) is 33.4. The third-order valence-corrected chi connectivity index (χ3v) is 7.49. The fourth-order valence-corrected chi connectivity index (χ4v) is 5.17. The van der Waals surface area contributed by atoms with E-state index in [9.17, 15) is 9.59 Å². The zero-order valence-electron chi connectivity index (χ0n) is 25.8. The number of esters is 1. The molecule has 1 amide bonds. The first-order chi connectivity index (χ1) is 20.2. The van der Waals surface area contributed by atoms with E-state index in [1.165, 1.54) is 57.8 Å². The summed E-state index contributed by atoms with van der Waals surface area (Å²) in [6.07, 6.45) is 14.0. The number of fused-ring (bicyclic) bond motifs is 1. The minimum atomic E-state index is -0.581. The van der Waals surface area contributed by atoms with Crippen LogP contribution in [0.1, 0.15) is 117 Å². The van der Waals surface area contributed by atoms with Crippen molar-refractivity contribution in [2.45, 2.75) is 117 Å². The zero-order valence-corrected chi connectivity index (χ0v) is 26.5. The van der Waals surface area contributed by atoms with Gasteiger partial charge in [0.25, 0.3) is 0 Å². The Kier molecular flexibility index (Phi) is 13.6. The van der Waals surface area contributed by atoms with Crippen LogP contribution in [-0.2, 0) is 19.7 Å². The molecule has 10 heteroatoms.